The van der Waals surface area contributed by atoms with Crippen LogP contribution in [0.15, 0.2) is 59.0 Å². The van der Waals surface area contributed by atoms with Crippen LogP contribution in [0.4, 0.5) is 0 Å². The van der Waals surface area contributed by atoms with Gasteiger partial charge in [0.25, 0.3) is 0 Å². The molecular formula is C25H28N2O5. The second-order valence-corrected chi connectivity index (χ2v) is 7.34. The van der Waals surface area contributed by atoms with Crippen molar-refractivity contribution in [1.29, 1.82) is 0 Å². The summed E-state index contributed by atoms with van der Waals surface area (Å²) in [6, 6.07) is 16.5. The molecule has 3 aromatic rings. The summed E-state index contributed by atoms with van der Waals surface area (Å²) in [5.41, 5.74) is 2.70. The fourth-order valence-corrected chi connectivity index (χ4v) is 3.27. The zero-order valence-corrected chi connectivity index (χ0v) is 18.6. The minimum Gasteiger partial charge on any atom is -0.493 e. The Balaban J connectivity index is 1.54. The van der Waals surface area contributed by atoms with Gasteiger partial charge in [0, 0.05) is 25.3 Å². The van der Waals surface area contributed by atoms with Gasteiger partial charge in [-0.25, -0.2) is 9.78 Å². The predicted octanol–water partition coefficient (Wildman–Crippen LogP) is 3.88. The first-order valence-electron chi connectivity index (χ1n) is 10.6. The predicted molar refractivity (Wildman–Crippen MR) is 120 cm³/mol. The van der Waals surface area contributed by atoms with Gasteiger partial charge in [-0.3, -0.25) is 4.79 Å². The van der Waals surface area contributed by atoms with Crippen LogP contribution in [0, 0.1) is 6.92 Å². The second-order valence-electron chi connectivity index (χ2n) is 7.34. The standard InChI is InChI=1S/C25H28N2O5/c1-4-30-25(29)23(26-18(3)28)16-19-10-12-21(13-11-19)31-15-14-22-17(2)32-24(27-22)20-8-6-5-7-9-20/h5-13,23H,4,14-16H2,1-3H3,(H,26,28)/t23-/m0/s1. The van der Waals surface area contributed by atoms with Crippen molar-refractivity contribution in [3.63, 3.8) is 0 Å². The molecule has 1 amide bonds. The van der Waals surface area contributed by atoms with E-state index < -0.39 is 12.0 Å². The molecule has 7 heteroatoms. The number of aromatic nitrogens is 1. The number of rotatable bonds is 10. The third-order valence-corrected chi connectivity index (χ3v) is 4.83. The van der Waals surface area contributed by atoms with Gasteiger partial charge in [-0.05, 0) is 43.7 Å². The molecular weight excluding hydrogens is 408 g/mol. The number of hydrogen-bond acceptors (Lipinski definition) is 6. The second kappa shape index (κ2) is 11.1. The van der Waals surface area contributed by atoms with Crippen molar-refractivity contribution in [2.24, 2.45) is 0 Å². The van der Waals surface area contributed by atoms with Crippen LogP contribution >= 0.6 is 0 Å². The van der Waals surface area contributed by atoms with Crippen molar-refractivity contribution in [3.8, 4) is 17.2 Å². The van der Waals surface area contributed by atoms with Crippen molar-refractivity contribution in [2.75, 3.05) is 13.2 Å². The summed E-state index contributed by atoms with van der Waals surface area (Å²) in [6.45, 7) is 5.73. The number of nitrogens with one attached hydrogen (secondary N) is 1. The molecule has 0 bridgehead atoms. The first-order valence-corrected chi connectivity index (χ1v) is 10.6. The molecule has 0 fully saturated rings. The van der Waals surface area contributed by atoms with Gasteiger partial charge in [0.2, 0.25) is 11.8 Å². The number of hydrogen-bond donors (Lipinski definition) is 1. The fraction of sp³-hybridized carbons (Fsp3) is 0.320. The molecule has 7 nitrogen and oxygen atoms in total. The minimum atomic E-state index is -0.715. The van der Waals surface area contributed by atoms with Gasteiger partial charge < -0.3 is 19.2 Å². The number of aryl methyl sites for hydroxylation is 1. The number of ether oxygens (including phenoxy) is 2. The summed E-state index contributed by atoms with van der Waals surface area (Å²) in [5, 5.41) is 2.64. The van der Waals surface area contributed by atoms with Gasteiger partial charge in [-0.15, -0.1) is 0 Å². The molecule has 1 heterocycles. The molecule has 2 aromatic carbocycles. The molecule has 0 unspecified atom stereocenters. The average molecular weight is 437 g/mol. The Morgan fingerprint density at radius 1 is 1.09 bits per heavy atom. The lowest BCUT2D eigenvalue weighted by molar-refractivity contribution is -0.147. The number of carbonyl (C=O) groups is 2. The van der Waals surface area contributed by atoms with Crippen molar-refractivity contribution in [2.45, 2.75) is 39.7 Å². The van der Waals surface area contributed by atoms with E-state index in [1.807, 2.05) is 61.5 Å². The first kappa shape index (κ1) is 23.1. The first-order chi connectivity index (χ1) is 15.5. The molecule has 1 aromatic heterocycles. The van der Waals surface area contributed by atoms with Gasteiger partial charge in [-0.1, -0.05) is 30.3 Å². The smallest absolute Gasteiger partial charge is 0.328 e. The van der Waals surface area contributed by atoms with Crippen molar-refractivity contribution in [1.82, 2.24) is 10.3 Å². The zero-order valence-electron chi connectivity index (χ0n) is 18.6. The van der Waals surface area contributed by atoms with E-state index in [4.69, 9.17) is 13.9 Å². The van der Waals surface area contributed by atoms with Crippen LogP contribution in [0.5, 0.6) is 5.75 Å². The maximum atomic E-state index is 12.1. The minimum absolute atomic E-state index is 0.263. The average Bonchev–Trinajstić information content (AvgIpc) is 3.15. The third kappa shape index (κ3) is 6.44. The molecule has 0 saturated heterocycles. The number of carbonyl (C=O) groups excluding carboxylic acids is 2. The Morgan fingerprint density at radius 2 is 1.81 bits per heavy atom. The van der Waals surface area contributed by atoms with Gasteiger partial charge in [0.15, 0.2) is 0 Å². The summed E-state index contributed by atoms with van der Waals surface area (Å²) < 4.78 is 16.7. The maximum Gasteiger partial charge on any atom is 0.328 e. The van der Waals surface area contributed by atoms with Gasteiger partial charge in [-0.2, -0.15) is 0 Å². The monoisotopic (exact) mass is 436 g/mol. The highest BCUT2D eigenvalue weighted by Crippen LogP contribution is 2.22. The van der Waals surface area contributed by atoms with Crippen molar-refractivity contribution in [3.05, 3.63) is 71.6 Å². The summed E-state index contributed by atoms with van der Waals surface area (Å²) >= 11 is 0. The van der Waals surface area contributed by atoms with Crippen LogP contribution < -0.4 is 10.1 Å². The lowest BCUT2D eigenvalue weighted by Gasteiger charge is -2.16. The quantitative estimate of drug-likeness (QED) is 0.485. The Hall–Kier alpha value is -3.61. The van der Waals surface area contributed by atoms with E-state index in [0.717, 1.165) is 22.6 Å². The Morgan fingerprint density at radius 3 is 2.47 bits per heavy atom. The zero-order chi connectivity index (χ0) is 22.9. The summed E-state index contributed by atoms with van der Waals surface area (Å²) in [6.07, 6.45) is 0.969. The van der Waals surface area contributed by atoms with Gasteiger partial charge >= 0.3 is 5.97 Å². The lowest BCUT2D eigenvalue weighted by Crippen LogP contribution is -2.42. The van der Waals surface area contributed by atoms with E-state index in [-0.39, 0.29) is 12.5 Å². The molecule has 0 aliphatic heterocycles. The highest BCUT2D eigenvalue weighted by atomic mass is 16.5. The van der Waals surface area contributed by atoms with E-state index in [2.05, 4.69) is 10.3 Å². The van der Waals surface area contributed by atoms with Crippen LogP contribution in [-0.2, 0) is 27.2 Å². The number of amides is 1. The SMILES string of the molecule is CCOC(=O)[C@H](Cc1ccc(OCCc2nc(-c3ccccc3)oc2C)cc1)NC(C)=O. The third-order valence-electron chi connectivity index (χ3n) is 4.83. The maximum absolute atomic E-state index is 12.1. The van der Waals surface area contributed by atoms with E-state index in [0.29, 0.717) is 31.1 Å². The summed E-state index contributed by atoms with van der Waals surface area (Å²) in [5.74, 6) is 1.39. The molecule has 32 heavy (non-hydrogen) atoms. The number of nitrogens with zero attached hydrogens (tertiary/aromatic N) is 1. The Labute approximate surface area is 187 Å². The highest BCUT2D eigenvalue weighted by Gasteiger charge is 2.21. The topological polar surface area (TPSA) is 90.7 Å². The number of benzene rings is 2. The van der Waals surface area contributed by atoms with Crippen LogP contribution in [0.3, 0.4) is 0 Å². The van der Waals surface area contributed by atoms with Gasteiger partial charge in [0.05, 0.1) is 18.9 Å². The molecule has 1 N–H and O–H groups in total. The molecule has 0 saturated carbocycles. The molecule has 0 aliphatic rings. The van der Waals surface area contributed by atoms with Crippen molar-refractivity contribution >= 4 is 11.9 Å². The molecule has 168 valence electrons. The van der Waals surface area contributed by atoms with E-state index in [9.17, 15) is 9.59 Å². The molecule has 3 rings (SSSR count). The Kier molecular flexibility index (Phi) is 8.02. The fourth-order valence-electron chi connectivity index (χ4n) is 3.27. The van der Waals surface area contributed by atoms with E-state index >= 15 is 0 Å². The number of oxazole rings is 1. The van der Waals surface area contributed by atoms with Crippen LogP contribution in [-0.4, -0.2) is 36.1 Å². The normalized spacial score (nSPS) is 11.6. The van der Waals surface area contributed by atoms with Crippen molar-refractivity contribution < 1.29 is 23.5 Å². The molecule has 0 aliphatic carbocycles. The van der Waals surface area contributed by atoms with E-state index in [1.54, 1.807) is 6.92 Å². The Bertz CT molecular complexity index is 1030. The number of esters is 1. The lowest BCUT2D eigenvalue weighted by atomic mass is 10.1. The summed E-state index contributed by atoms with van der Waals surface area (Å²) in [4.78, 5) is 28.1. The van der Waals surface area contributed by atoms with Gasteiger partial charge in [0.1, 0.15) is 17.6 Å². The molecule has 0 spiro atoms. The van der Waals surface area contributed by atoms with Crippen LogP contribution in [0.1, 0.15) is 30.9 Å². The highest BCUT2D eigenvalue weighted by molar-refractivity contribution is 5.83. The van der Waals surface area contributed by atoms with Crippen LogP contribution in [0.25, 0.3) is 11.5 Å². The van der Waals surface area contributed by atoms with Crippen LogP contribution in [0.2, 0.25) is 0 Å². The largest absolute Gasteiger partial charge is 0.493 e. The van der Waals surface area contributed by atoms with E-state index in [1.165, 1.54) is 6.92 Å². The summed E-state index contributed by atoms with van der Waals surface area (Å²) in [7, 11) is 0. The molecule has 0 radical (unpaired) electrons. The molecule has 1 atom stereocenters.